The summed E-state index contributed by atoms with van der Waals surface area (Å²) in [7, 11) is 4.19. The Morgan fingerprint density at radius 1 is 1.29 bits per heavy atom. The molecule has 2 bridgehead atoms. The smallest absolute Gasteiger partial charge is 0.163 e. The summed E-state index contributed by atoms with van der Waals surface area (Å²) in [6, 6.07) is 0. The van der Waals surface area contributed by atoms with Crippen molar-refractivity contribution in [2.45, 2.75) is 50.7 Å². The minimum absolute atomic E-state index is 0.126. The maximum atomic E-state index is 12.1. The van der Waals surface area contributed by atoms with E-state index in [1.807, 2.05) is 0 Å². The van der Waals surface area contributed by atoms with Crippen LogP contribution < -0.4 is 0 Å². The van der Waals surface area contributed by atoms with E-state index in [9.17, 15) is 4.79 Å². The van der Waals surface area contributed by atoms with Crippen LogP contribution in [-0.2, 0) is 9.53 Å². The number of carbonyl (C=O) groups excluding carboxylic acids is 1. The molecule has 0 amide bonds. The fourth-order valence-electron chi connectivity index (χ4n) is 3.68. The van der Waals surface area contributed by atoms with Gasteiger partial charge in [0.05, 0.1) is 0 Å². The zero-order valence-electron chi connectivity index (χ0n) is 10.8. The van der Waals surface area contributed by atoms with Gasteiger partial charge in [-0.05, 0) is 39.3 Å². The normalized spacial score (nSPS) is 36.9. The van der Waals surface area contributed by atoms with Crippen LogP contribution in [0.1, 0.15) is 44.9 Å². The summed E-state index contributed by atoms with van der Waals surface area (Å²) in [6.07, 6.45) is 7.11. The highest BCUT2D eigenvalue weighted by Gasteiger charge is 2.48. The predicted molar refractivity (Wildman–Crippen MR) is 65.3 cm³/mol. The highest BCUT2D eigenvalue weighted by molar-refractivity contribution is 5.97. The summed E-state index contributed by atoms with van der Waals surface area (Å²) in [5.74, 6) is 1.83. The molecule has 3 rings (SSSR count). The van der Waals surface area contributed by atoms with Crippen molar-refractivity contribution in [1.29, 1.82) is 0 Å². The number of nitrogens with zero attached hydrogens (tertiary/aromatic N) is 1. The van der Waals surface area contributed by atoms with Crippen molar-refractivity contribution in [3.63, 3.8) is 0 Å². The van der Waals surface area contributed by atoms with Gasteiger partial charge in [0, 0.05) is 31.3 Å². The Kier molecular flexibility index (Phi) is 2.54. The van der Waals surface area contributed by atoms with E-state index in [0.29, 0.717) is 11.7 Å². The third-order valence-electron chi connectivity index (χ3n) is 4.63. The molecular formula is C14H21NO2. The molecule has 1 heterocycles. The standard InChI is InChI=1S/C14H21NO2/c1-15(2)14-8-4-5-10(9-14)13-11(16)6-3-7-12(13)17-14/h10H,3-9H2,1-2H3. The van der Waals surface area contributed by atoms with Gasteiger partial charge >= 0.3 is 0 Å². The number of hydrogen-bond donors (Lipinski definition) is 0. The molecule has 3 nitrogen and oxygen atoms in total. The van der Waals surface area contributed by atoms with Crippen molar-refractivity contribution >= 4 is 5.78 Å². The topological polar surface area (TPSA) is 29.5 Å². The summed E-state index contributed by atoms with van der Waals surface area (Å²) >= 11 is 0. The van der Waals surface area contributed by atoms with Crippen molar-refractivity contribution in [3.05, 3.63) is 11.3 Å². The van der Waals surface area contributed by atoms with Gasteiger partial charge in [-0.25, -0.2) is 0 Å². The first-order valence-electron chi connectivity index (χ1n) is 6.75. The molecule has 1 aliphatic heterocycles. The Morgan fingerprint density at radius 3 is 2.88 bits per heavy atom. The van der Waals surface area contributed by atoms with E-state index in [0.717, 1.165) is 43.4 Å². The second kappa shape index (κ2) is 3.84. The maximum absolute atomic E-state index is 12.1. The van der Waals surface area contributed by atoms with Crippen LogP contribution in [0.4, 0.5) is 0 Å². The Hall–Kier alpha value is -0.830. The van der Waals surface area contributed by atoms with E-state index < -0.39 is 0 Å². The zero-order chi connectivity index (χ0) is 12.0. The second-order valence-electron chi connectivity index (χ2n) is 5.85. The molecule has 2 aliphatic carbocycles. The quantitative estimate of drug-likeness (QED) is 0.699. The van der Waals surface area contributed by atoms with Gasteiger partial charge in [0.2, 0.25) is 0 Å². The zero-order valence-corrected chi connectivity index (χ0v) is 10.8. The molecule has 17 heavy (non-hydrogen) atoms. The number of hydrogen-bond acceptors (Lipinski definition) is 3. The summed E-state index contributed by atoms with van der Waals surface area (Å²) in [6.45, 7) is 0. The number of fused-ring (bicyclic) bond motifs is 3. The Morgan fingerprint density at radius 2 is 2.12 bits per heavy atom. The minimum atomic E-state index is -0.126. The monoisotopic (exact) mass is 235 g/mol. The molecule has 0 aromatic heterocycles. The van der Waals surface area contributed by atoms with Gasteiger partial charge in [0.25, 0.3) is 0 Å². The first kappa shape index (κ1) is 11.3. The van der Waals surface area contributed by atoms with E-state index in [2.05, 4.69) is 19.0 Å². The van der Waals surface area contributed by atoms with Crippen molar-refractivity contribution < 1.29 is 9.53 Å². The van der Waals surface area contributed by atoms with Crippen LogP contribution in [-0.4, -0.2) is 30.5 Å². The molecule has 0 aromatic carbocycles. The fourth-order valence-corrected chi connectivity index (χ4v) is 3.68. The van der Waals surface area contributed by atoms with E-state index >= 15 is 0 Å². The Labute approximate surface area is 103 Å². The number of carbonyl (C=O) groups is 1. The first-order valence-corrected chi connectivity index (χ1v) is 6.75. The molecule has 94 valence electrons. The van der Waals surface area contributed by atoms with Crippen molar-refractivity contribution in [3.8, 4) is 0 Å². The van der Waals surface area contributed by atoms with Crippen LogP contribution >= 0.6 is 0 Å². The molecule has 3 heteroatoms. The van der Waals surface area contributed by atoms with Crippen LogP contribution in [0.2, 0.25) is 0 Å². The lowest BCUT2D eigenvalue weighted by Crippen LogP contribution is -2.53. The second-order valence-corrected chi connectivity index (χ2v) is 5.85. The Balaban J connectivity index is 2.01. The maximum Gasteiger partial charge on any atom is 0.163 e. The molecule has 0 N–H and O–H groups in total. The molecular weight excluding hydrogens is 214 g/mol. The van der Waals surface area contributed by atoms with E-state index in [-0.39, 0.29) is 5.72 Å². The van der Waals surface area contributed by atoms with E-state index in [1.165, 1.54) is 12.8 Å². The van der Waals surface area contributed by atoms with Crippen LogP contribution in [0.25, 0.3) is 0 Å². The molecule has 0 aromatic rings. The predicted octanol–water partition coefficient (Wildman–Crippen LogP) is 2.47. The Bertz CT molecular complexity index is 386. The number of ketones is 1. The van der Waals surface area contributed by atoms with Gasteiger partial charge < -0.3 is 4.74 Å². The van der Waals surface area contributed by atoms with Crippen LogP contribution in [0, 0.1) is 5.92 Å². The summed E-state index contributed by atoms with van der Waals surface area (Å²) in [5.41, 5.74) is 0.924. The van der Waals surface area contributed by atoms with Crippen LogP contribution in [0.5, 0.6) is 0 Å². The van der Waals surface area contributed by atoms with Gasteiger partial charge in [-0.1, -0.05) is 0 Å². The van der Waals surface area contributed by atoms with Gasteiger partial charge in [-0.3, -0.25) is 9.69 Å². The van der Waals surface area contributed by atoms with Gasteiger partial charge in [0.15, 0.2) is 11.5 Å². The summed E-state index contributed by atoms with van der Waals surface area (Å²) < 4.78 is 6.27. The van der Waals surface area contributed by atoms with Crippen LogP contribution in [0.15, 0.2) is 11.3 Å². The molecule has 3 aliphatic rings. The highest BCUT2D eigenvalue weighted by atomic mass is 16.5. The van der Waals surface area contributed by atoms with Gasteiger partial charge in [-0.2, -0.15) is 0 Å². The average Bonchev–Trinajstić information content (AvgIpc) is 2.28. The third kappa shape index (κ3) is 1.63. The number of rotatable bonds is 1. The molecule has 2 atom stereocenters. The fraction of sp³-hybridized carbons (Fsp3) is 0.786. The van der Waals surface area contributed by atoms with E-state index in [4.69, 9.17) is 4.74 Å². The van der Waals surface area contributed by atoms with Crippen molar-refractivity contribution in [2.75, 3.05) is 14.1 Å². The average molecular weight is 235 g/mol. The molecule has 0 saturated heterocycles. The highest BCUT2D eigenvalue weighted by Crippen LogP contribution is 2.48. The minimum Gasteiger partial charge on any atom is -0.476 e. The van der Waals surface area contributed by atoms with Crippen molar-refractivity contribution in [1.82, 2.24) is 4.90 Å². The third-order valence-corrected chi connectivity index (χ3v) is 4.63. The van der Waals surface area contributed by atoms with Gasteiger partial charge in [-0.15, -0.1) is 0 Å². The lowest BCUT2D eigenvalue weighted by atomic mass is 9.72. The van der Waals surface area contributed by atoms with Gasteiger partial charge in [0.1, 0.15) is 5.76 Å². The summed E-state index contributed by atoms with van der Waals surface area (Å²) in [5, 5.41) is 0. The summed E-state index contributed by atoms with van der Waals surface area (Å²) in [4.78, 5) is 14.3. The number of Topliss-reactive ketones (excluding diaryl/α,β-unsaturated/α-hetero) is 1. The molecule has 1 saturated carbocycles. The number of ether oxygens (including phenoxy) is 1. The van der Waals surface area contributed by atoms with Crippen LogP contribution in [0.3, 0.4) is 0 Å². The number of allylic oxidation sites excluding steroid dienone is 2. The SMILES string of the molecule is CN(C)C12CCCC(C1)C1=C(CCCC1=O)O2. The lowest BCUT2D eigenvalue weighted by Gasteiger charge is -2.50. The lowest BCUT2D eigenvalue weighted by molar-refractivity contribution is -0.157. The molecule has 1 fully saturated rings. The largest absolute Gasteiger partial charge is 0.476 e. The first-order chi connectivity index (χ1) is 8.12. The molecule has 0 radical (unpaired) electrons. The van der Waals surface area contributed by atoms with Crippen molar-refractivity contribution in [2.24, 2.45) is 5.92 Å². The van der Waals surface area contributed by atoms with E-state index in [1.54, 1.807) is 0 Å². The molecule has 0 spiro atoms. The molecule has 2 unspecified atom stereocenters.